The molecule has 0 saturated carbocycles. The van der Waals surface area contributed by atoms with Crippen molar-refractivity contribution in [2.24, 2.45) is 0 Å². The summed E-state index contributed by atoms with van der Waals surface area (Å²) in [5, 5.41) is 8.78. The lowest BCUT2D eigenvalue weighted by Crippen LogP contribution is -2.35. The Hall–Kier alpha value is -0.860. The molecule has 1 N–H and O–H groups in total. The molecule has 0 bridgehead atoms. The van der Waals surface area contributed by atoms with E-state index in [1.165, 1.54) is 13.0 Å². The number of alkyl halides is 6. The predicted molar refractivity (Wildman–Crippen MR) is 69.8 cm³/mol. The maximum atomic E-state index is 13.1. The van der Waals surface area contributed by atoms with Gasteiger partial charge in [0, 0.05) is 11.9 Å². The van der Waals surface area contributed by atoms with E-state index in [1.54, 1.807) is 0 Å². The maximum absolute atomic E-state index is 13.1. The lowest BCUT2D eigenvalue weighted by Gasteiger charge is -2.28. The number of benzene rings is 1. The third-order valence-corrected chi connectivity index (χ3v) is 3.31. The Morgan fingerprint density at radius 3 is 2.25 bits per heavy atom. The van der Waals surface area contributed by atoms with Crippen molar-refractivity contribution < 1.29 is 27.5 Å². The highest BCUT2D eigenvalue weighted by molar-refractivity contribution is 8.04. The van der Waals surface area contributed by atoms with Gasteiger partial charge in [-0.15, -0.1) is 13.2 Å². The maximum Gasteiger partial charge on any atom is 0.495 e. The second kappa shape index (κ2) is 5.87. The molecule has 0 heterocycles. The van der Waals surface area contributed by atoms with Gasteiger partial charge in [0.25, 0.3) is 0 Å². The minimum atomic E-state index is -5.01. The fraction of sp³-hybridized carbons (Fsp3) is 0.300. The molecule has 0 aromatic heterocycles. The Labute approximate surface area is 125 Å². The van der Waals surface area contributed by atoms with E-state index in [1.807, 2.05) is 0 Å². The topological polar surface area (TPSA) is 40.5 Å². The highest BCUT2D eigenvalue weighted by atomic mass is 35.5. The molecule has 0 radical (unpaired) electrons. The summed E-state index contributed by atoms with van der Waals surface area (Å²) in [6.07, 6.45) is -5.01. The highest BCUT2D eigenvalue weighted by Gasteiger charge is 2.44. The zero-order chi connectivity index (χ0) is 15.7. The molecule has 3 nitrogen and oxygen atoms in total. The summed E-state index contributed by atoms with van der Waals surface area (Å²) in [4.78, 5) is 10.8. The highest BCUT2D eigenvalue weighted by Crippen LogP contribution is 2.46. The van der Waals surface area contributed by atoms with Gasteiger partial charge in [-0.2, -0.15) is 4.39 Å². The van der Waals surface area contributed by atoms with Crippen LogP contribution in [0.5, 0.6) is 0 Å². The van der Waals surface area contributed by atoms with E-state index in [0.717, 1.165) is 12.1 Å². The van der Waals surface area contributed by atoms with Crippen LogP contribution in [0.15, 0.2) is 18.2 Å². The van der Waals surface area contributed by atoms with Gasteiger partial charge in [-0.1, -0.05) is 29.3 Å². The van der Waals surface area contributed by atoms with E-state index in [0.29, 0.717) is 0 Å². The number of hydrogen-bond donors (Lipinski definition) is 1. The first-order valence-electron chi connectivity index (χ1n) is 4.88. The Balaban J connectivity index is 3.33. The smallest absolute Gasteiger partial charge is 0.478 e. The van der Waals surface area contributed by atoms with Crippen LogP contribution < -0.4 is 4.31 Å². The van der Waals surface area contributed by atoms with Crippen LogP contribution in [-0.4, -0.2) is 21.3 Å². The molecule has 0 saturated heterocycles. The van der Waals surface area contributed by atoms with Crippen LogP contribution in [0, 0.1) is 6.92 Å². The standard InChI is InChI=1S/C10H7Cl2F4NO2S/c1-5-2-3-6(8(18)19)4-7(5)17(10(14,15)16)20-9(11,12)13/h2-4H,1H3,(H,18,19). The molecule has 0 aliphatic heterocycles. The van der Waals surface area contributed by atoms with Crippen molar-refractivity contribution in [3.05, 3.63) is 29.3 Å². The summed E-state index contributed by atoms with van der Waals surface area (Å²) in [7, 11) is 0. The van der Waals surface area contributed by atoms with E-state index < -0.39 is 38.1 Å². The Bertz CT molecular complexity index is 519. The van der Waals surface area contributed by atoms with Gasteiger partial charge in [-0.05, 0) is 24.6 Å². The van der Waals surface area contributed by atoms with Crippen molar-refractivity contribution in [2.75, 3.05) is 4.31 Å². The minimum Gasteiger partial charge on any atom is -0.478 e. The quantitative estimate of drug-likeness (QED) is 0.368. The molecular formula is C10H7Cl2F4NO2S. The van der Waals surface area contributed by atoms with Crippen molar-refractivity contribution >= 4 is 46.8 Å². The zero-order valence-electron chi connectivity index (χ0n) is 9.71. The number of hydrogen-bond acceptors (Lipinski definition) is 3. The first-order valence-corrected chi connectivity index (χ1v) is 6.41. The van der Waals surface area contributed by atoms with Crippen molar-refractivity contribution in [1.29, 1.82) is 0 Å². The third kappa shape index (κ3) is 4.60. The second-order valence-corrected chi connectivity index (χ2v) is 6.40. The molecular weight excluding hydrogens is 345 g/mol. The van der Waals surface area contributed by atoms with Crippen LogP contribution in [0.4, 0.5) is 23.2 Å². The van der Waals surface area contributed by atoms with Gasteiger partial charge in [0.05, 0.1) is 11.3 Å². The first kappa shape index (κ1) is 17.2. The molecule has 1 rings (SSSR count). The molecule has 1 aromatic carbocycles. The molecule has 0 aliphatic rings. The van der Waals surface area contributed by atoms with Gasteiger partial charge in [-0.3, -0.25) is 0 Å². The monoisotopic (exact) mass is 351 g/mol. The average Bonchev–Trinajstić information content (AvgIpc) is 2.24. The van der Waals surface area contributed by atoms with E-state index in [4.69, 9.17) is 28.3 Å². The van der Waals surface area contributed by atoms with Gasteiger partial charge >= 0.3 is 16.2 Å². The summed E-state index contributed by atoms with van der Waals surface area (Å²) in [5.41, 5.74) is -0.864. The first-order chi connectivity index (χ1) is 8.92. The Morgan fingerprint density at radius 1 is 1.30 bits per heavy atom. The fourth-order valence-corrected chi connectivity index (χ4v) is 2.32. The number of carbonyl (C=O) groups is 1. The molecule has 0 unspecified atom stereocenters. The number of anilines is 1. The van der Waals surface area contributed by atoms with Crippen LogP contribution in [0.25, 0.3) is 0 Å². The van der Waals surface area contributed by atoms with Crippen LogP contribution in [-0.2, 0) is 0 Å². The molecule has 10 heteroatoms. The number of carboxylic acid groups (broad SMARTS) is 1. The summed E-state index contributed by atoms with van der Waals surface area (Å²) in [6.45, 7) is 1.31. The number of aryl methyl sites for hydroxylation is 1. The third-order valence-electron chi connectivity index (χ3n) is 2.10. The number of rotatable bonds is 4. The summed E-state index contributed by atoms with van der Waals surface area (Å²) in [6, 6.07) is 3.06. The lowest BCUT2D eigenvalue weighted by atomic mass is 10.1. The Kier molecular flexibility index (Phi) is 5.04. The lowest BCUT2D eigenvalue weighted by molar-refractivity contribution is -0.114. The van der Waals surface area contributed by atoms with E-state index in [2.05, 4.69) is 0 Å². The molecule has 0 spiro atoms. The molecule has 1 aromatic rings. The van der Waals surface area contributed by atoms with E-state index in [9.17, 15) is 22.4 Å². The molecule has 0 fully saturated rings. The molecule has 0 atom stereocenters. The van der Waals surface area contributed by atoms with Crippen molar-refractivity contribution in [1.82, 2.24) is 0 Å². The molecule has 112 valence electrons. The normalized spacial score (nSPS) is 12.3. The zero-order valence-corrected chi connectivity index (χ0v) is 12.0. The molecule has 20 heavy (non-hydrogen) atoms. The van der Waals surface area contributed by atoms with Crippen LogP contribution in [0.3, 0.4) is 0 Å². The predicted octanol–water partition coefficient (Wildman–Crippen LogP) is 4.73. The Morgan fingerprint density at radius 2 is 1.85 bits per heavy atom. The van der Waals surface area contributed by atoms with E-state index >= 15 is 0 Å². The van der Waals surface area contributed by atoms with Gasteiger partial charge in [-0.25, -0.2) is 9.10 Å². The minimum absolute atomic E-state index is 0.0809. The van der Waals surface area contributed by atoms with Crippen molar-refractivity contribution in [3.8, 4) is 0 Å². The van der Waals surface area contributed by atoms with E-state index in [-0.39, 0.29) is 11.1 Å². The SMILES string of the molecule is Cc1ccc(C(=O)O)cc1N(SC(F)(Cl)Cl)C(F)(F)F. The van der Waals surface area contributed by atoms with Gasteiger partial charge in [0.15, 0.2) is 0 Å². The number of aromatic carboxylic acids is 1. The summed E-state index contributed by atoms with van der Waals surface area (Å²) < 4.78 is 48.2. The van der Waals surface area contributed by atoms with Crippen LogP contribution in [0.1, 0.15) is 15.9 Å². The van der Waals surface area contributed by atoms with Crippen molar-refractivity contribution in [3.63, 3.8) is 0 Å². The summed E-state index contributed by atoms with van der Waals surface area (Å²) in [5.74, 6) is -1.42. The van der Waals surface area contributed by atoms with Crippen LogP contribution in [0.2, 0.25) is 0 Å². The summed E-state index contributed by atoms with van der Waals surface area (Å²) >= 11 is 9.36. The molecule has 0 aliphatic carbocycles. The van der Waals surface area contributed by atoms with Gasteiger partial charge < -0.3 is 5.11 Å². The second-order valence-electron chi connectivity index (χ2n) is 3.61. The fourth-order valence-electron chi connectivity index (χ4n) is 1.30. The molecule has 0 amide bonds. The number of halogens is 6. The largest absolute Gasteiger partial charge is 0.495 e. The van der Waals surface area contributed by atoms with Gasteiger partial charge in [0.1, 0.15) is 0 Å². The van der Waals surface area contributed by atoms with Crippen molar-refractivity contribution in [2.45, 2.75) is 17.1 Å². The van der Waals surface area contributed by atoms with Crippen LogP contribution >= 0.6 is 35.1 Å². The average molecular weight is 352 g/mol. The van der Waals surface area contributed by atoms with Gasteiger partial charge in [0.2, 0.25) is 0 Å². The number of carboxylic acids is 1. The number of nitrogens with zero attached hydrogens (tertiary/aromatic N) is 1.